The first-order chi connectivity index (χ1) is 8.69. The number of nitrogens with zero attached hydrogens (tertiary/aromatic N) is 1. The van der Waals surface area contributed by atoms with Gasteiger partial charge < -0.3 is 5.32 Å². The fourth-order valence-corrected chi connectivity index (χ4v) is 3.45. The summed E-state index contributed by atoms with van der Waals surface area (Å²) in [5.74, 6) is 1.00. The summed E-state index contributed by atoms with van der Waals surface area (Å²) in [4.78, 5) is 6.94. The Morgan fingerprint density at radius 2 is 2.28 bits per heavy atom. The number of aromatic nitrogens is 1. The van der Waals surface area contributed by atoms with Crippen molar-refractivity contribution in [2.75, 3.05) is 7.05 Å². The summed E-state index contributed by atoms with van der Waals surface area (Å²) < 4.78 is 0. The molecule has 0 spiro atoms. The Labute approximate surface area is 117 Å². The van der Waals surface area contributed by atoms with Gasteiger partial charge in [0.1, 0.15) is 0 Å². The van der Waals surface area contributed by atoms with Crippen molar-refractivity contribution in [3.05, 3.63) is 45.9 Å². The molecular formula is C14H18N2S2. The quantitative estimate of drug-likeness (QED) is 0.836. The number of benzene rings is 1. The van der Waals surface area contributed by atoms with Crippen LogP contribution in [0, 0.1) is 6.92 Å². The summed E-state index contributed by atoms with van der Waals surface area (Å²) in [5.41, 5.74) is 1.34. The minimum atomic E-state index is 0.399. The molecule has 1 N–H and O–H groups in total. The standard InChI is InChI=1S/C14H18N2S2/c1-10(15-3)12-5-4-6-13(7-12)17-9-14-8-16-11(2)18-14/h4-8,10,15H,9H2,1-3H3. The first-order valence-electron chi connectivity index (χ1n) is 6.00. The fraction of sp³-hybridized carbons (Fsp3) is 0.357. The molecule has 2 nitrogen and oxygen atoms in total. The lowest BCUT2D eigenvalue weighted by Gasteiger charge is -2.11. The molecule has 1 atom stereocenters. The molecular weight excluding hydrogens is 260 g/mol. The molecule has 1 aromatic carbocycles. The van der Waals surface area contributed by atoms with Crippen molar-refractivity contribution in [3.8, 4) is 0 Å². The van der Waals surface area contributed by atoms with Gasteiger partial charge in [-0.15, -0.1) is 23.1 Å². The molecule has 18 heavy (non-hydrogen) atoms. The minimum Gasteiger partial charge on any atom is -0.313 e. The van der Waals surface area contributed by atoms with E-state index in [2.05, 4.69) is 41.5 Å². The van der Waals surface area contributed by atoms with Crippen LogP contribution >= 0.6 is 23.1 Å². The number of hydrogen-bond donors (Lipinski definition) is 1. The lowest BCUT2D eigenvalue weighted by atomic mass is 10.1. The normalized spacial score (nSPS) is 12.6. The van der Waals surface area contributed by atoms with E-state index in [4.69, 9.17) is 0 Å². The van der Waals surface area contributed by atoms with Crippen LogP contribution in [0.5, 0.6) is 0 Å². The van der Waals surface area contributed by atoms with E-state index in [0.717, 1.165) is 10.8 Å². The van der Waals surface area contributed by atoms with Gasteiger partial charge in [-0.1, -0.05) is 12.1 Å². The van der Waals surface area contributed by atoms with Gasteiger partial charge in [-0.05, 0) is 38.6 Å². The molecule has 1 heterocycles. The van der Waals surface area contributed by atoms with E-state index < -0.39 is 0 Å². The predicted molar refractivity (Wildman–Crippen MR) is 80.3 cm³/mol. The van der Waals surface area contributed by atoms with E-state index >= 15 is 0 Å². The maximum atomic E-state index is 4.28. The SMILES string of the molecule is CNC(C)c1cccc(SCc2cnc(C)s2)c1. The third-order valence-corrected chi connectivity index (χ3v) is 4.98. The van der Waals surface area contributed by atoms with Crippen LogP contribution in [-0.4, -0.2) is 12.0 Å². The van der Waals surface area contributed by atoms with Crippen LogP contribution in [0.1, 0.15) is 28.4 Å². The average molecular weight is 278 g/mol. The smallest absolute Gasteiger partial charge is 0.0897 e. The van der Waals surface area contributed by atoms with Crippen LogP contribution < -0.4 is 5.32 Å². The van der Waals surface area contributed by atoms with Gasteiger partial charge in [-0.25, -0.2) is 4.98 Å². The van der Waals surface area contributed by atoms with Crippen molar-refractivity contribution >= 4 is 23.1 Å². The van der Waals surface area contributed by atoms with E-state index in [1.54, 1.807) is 11.3 Å². The van der Waals surface area contributed by atoms with Crippen molar-refractivity contribution < 1.29 is 0 Å². The zero-order valence-electron chi connectivity index (χ0n) is 10.9. The summed E-state index contributed by atoms with van der Waals surface area (Å²) >= 11 is 3.65. The van der Waals surface area contributed by atoms with Crippen LogP contribution in [0.2, 0.25) is 0 Å². The lowest BCUT2D eigenvalue weighted by molar-refractivity contribution is 0.651. The number of hydrogen-bond acceptors (Lipinski definition) is 4. The Morgan fingerprint density at radius 1 is 1.44 bits per heavy atom. The second-order valence-electron chi connectivity index (χ2n) is 4.22. The number of thioether (sulfide) groups is 1. The molecule has 0 aliphatic carbocycles. The Kier molecular flexibility index (Phi) is 4.80. The van der Waals surface area contributed by atoms with Crippen molar-refractivity contribution in [1.82, 2.24) is 10.3 Å². The maximum absolute atomic E-state index is 4.28. The zero-order valence-corrected chi connectivity index (χ0v) is 12.6. The average Bonchev–Trinajstić information content (AvgIpc) is 2.81. The Hall–Kier alpha value is -0.840. The first kappa shape index (κ1) is 13.6. The molecule has 1 unspecified atom stereocenters. The van der Waals surface area contributed by atoms with Crippen LogP contribution in [0.15, 0.2) is 35.4 Å². The molecule has 0 bridgehead atoms. The molecule has 4 heteroatoms. The molecule has 96 valence electrons. The van der Waals surface area contributed by atoms with Crippen LogP contribution in [0.3, 0.4) is 0 Å². The van der Waals surface area contributed by atoms with Crippen molar-refractivity contribution in [2.45, 2.75) is 30.5 Å². The highest BCUT2D eigenvalue weighted by Crippen LogP contribution is 2.27. The number of thiazole rings is 1. The third-order valence-electron chi connectivity index (χ3n) is 2.84. The highest BCUT2D eigenvalue weighted by atomic mass is 32.2. The number of nitrogens with one attached hydrogen (secondary N) is 1. The van der Waals surface area contributed by atoms with Gasteiger partial charge in [-0.3, -0.25) is 0 Å². The van der Waals surface area contributed by atoms with E-state index in [0.29, 0.717) is 6.04 Å². The second kappa shape index (κ2) is 6.36. The summed E-state index contributed by atoms with van der Waals surface area (Å²) in [6.07, 6.45) is 1.98. The molecule has 0 fully saturated rings. The third kappa shape index (κ3) is 3.57. The summed E-state index contributed by atoms with van der Waals surface area (Å²) in [6, 6.07) is 9.13. The maximum Gasteiger partial charge on any atom is 0.0897 e. The van der Waals surface area contributed by atoms with Gasteiger partial charge >= 0.3 is 0 Å². The summed E-state index contributed by atoms with van der Waals surface area (Å²) in [7, 11) is 1.99. The Balaban J connectivity index is 2.01. The van der Waals surface area contributed by atoms with E-state index in [9.17, 15) is 0 Å². The highest BCUT2D eigenvalue weighted by molar-refractivity contribution is 7.98. The van der Waals surface area contributed by atoms with Gasteiger partial charge in [0.25, 0.3) is 0 Å². The summed E-state index contributed by atoms with van der Waals surface area (Å²) in [5, 5.41) is 4.41. The Bertz CT molecular complexity index is 508. The molecule has 0 saturated heterocycles. The van der Waals surface area contributed by atoms with Gasteiger partial charge in [0, 0.05) is 27.8 Å². The lowest BCUT2D eigenvalue weighted by Crippen LogP contribution is -2.11. The molecule has 0 saturated carbocycles. The Morgan fingerprint density at radius 3 is 2.94 bits per heavy atom. The van der Waals surface area contributed by atoms with Crippen LogP contribution in [0.4, 0.5) is 0 Å². The van der Waals surface area contributed by atoms with Crippen LogP contribution in [-0.2, 0) is 5.75 Å². The molecule has 0 radical (unpaired) electrons. The van der Waals surface area contributed by atoms with Gasteiger partial charge in [0.15, 0.2) is 0 Å². The largest absolute Gasteiger partial charge is 0.313 e. The van der Waals surface area contributed by atoms with Gasteiger partial charge in [0.2, 0.25) is 0 Å². The van der Waals surface area contributed by atoms with E-state index in [-0.39, 0.29) is 0 Å². The van der Waals surface area contributed by atoms with Crippen LogP contribution in [0.25, 0.3) is 0 Å². The fourth-order valence-electron chi connectivity index (χ4n) is 1.67. The minimum absolute atomic E-state index is 0.399. The van der Waals surface area contributed by atoms with E-state index in [1.807, 2.05) is 31.9 Å². The van der Waals surface area contributed by atoms with Gasteiger partial charge in [0.05, 0.1) is 5.01 Å². The predicted octanol–water partition coefficient (Wildman–Crippen LogP) is 4.02. The first-order valence-corrected chi connectivity index (χ1v) is 7.80. The monoisotopic (exact) mass is 278 g/mol. The molecule has 2 rings (SSSR count). The van der Waals surface area contributed by atoms with Gasteiger partial charge in [-0.2, -0.15) is 0 Å². The zero-order chi connectivity index (χ0) is 13.0. The second-order valence-corrected chi connectivity index (χ2v) is 6.59. The topological polar surface area (TPSA) is 24.9 Å². The van der Waals surface area contributed by atoms with Crippen molar-refractivity contribution in [2.24, 2.45) is 0 Å². The number of rotatable bonds is 5. The van der Waals surface area contributed by atoms with Crippen molar-refractivity contribution in [3.63, 3.8) is 0 Å². The molecule has 1 aromatic heterocycles. The summed E-state index contributed by atoms with van der Waals surface area (Å²) in [6.45, 7) is 4.23. The molecule has 0 aliphatic rings. The molecule has 0 aliphatic heterocycles. The van der Waals surface area contributed by atoms with E-state index in [1.165, 1.54) is 15.3 Å². The number of aryl methyl sites for hydroxylation is 1. The molecule has 0 amide bonds. The van der Waals surface area contributed by atoms with Crippen molar-refractivity contribution in [1.29, 1.82) is 0 Å². The molecule has 2 aromatic rings. The highest BCUT2D eigenvalue weighted by Gasteiger charge is 2.04.